The molecule has 2 fully saturated rings. The van der Waals surface area contributed by atoms with E-state index >= 15 is 0 Å². The third-order valence-electron chi connectivity index (χ3n) is 5.44. The number of hydrogen-bond donors (Lipinski definition) is 1. The Hall–Kier alpha value is -0.570. The van der Waals surface area contributed by atoms with Crippen molar-refractivity contribution in [2.75, 3.05) is 6.54 Å². The smallest absolute Gasteiger partial charge is 0.308 e. The highest BCUT2D eigenvalue weighted by Crippen LogP contribution is 2.37. The molecule has 0 aromatic heterocycles. The van der Waals surface area contributed by atoms with Gasteiger partial charge in [0.25, 0.3) is 0 Å². The maximum absolute atomic E-state index is 11.5. The van der Waals surface area contributed by atoms with E-state index < -0.39 is 5.97 Å². The molecule has 0 amide bonds. The first kappa shape index (κ1) is 14.8. The van der Waals surface area contributed by atoms with Crippen molar-refractivity contribution in [1.29, 1.82) is 0 Å². The van der Waals surface area contributed by atoms with Crippen LogP contribution >= 0.6 is 0 Å². The Labute approximate surface area is 117 Å². The van der Waals surface area contributed by atoms with Crippen LogP contribution in [-0.4, -0.2) is 34.6 Å². The van der Waals surface area contributed by atoms with Crippen LogP contribution in [0.3, 0.4) is 0 Å². The zero-order chi connectivity index (χ0) is 14.0. The maximum atomic E-state index is 11.5. The molecule has 2 aliphatic rings. The molecule has 110 valence electrons. The second-order valence-electron chi connectivity index (χ2n) is 6.82. The Morgan fingerprint density at radius 1 is 1.21 bits per heavy atom. The monoisotopic (exact) mass is 267 g/mol. The van der Waals surface area contributed by atoms with Gasteiger partial charge in [0.15, 0.2) is 0 Å². The predicted octanol–water partition coefficient (Wildman–Crippen LogP) is 3.39. The summed E-state index contributed by atoms with van der Waals surface area (Å²) in [5, 5.41) is 9.51. The van der Waals surface area contributed by atoms with Crippen LogP contribution in [0, 0.1) is 17.8 Å². The average Bonchev–Trinajstić information content (AvgIpc) is 2.38. The Kier molecular flexibility index (Phi) is 4.88. The van der Waals surface area contributed by atoms with Crippen LogP contribution in [0.4, 0.5) is 0 Å². The van der Waals surface area contributed by atoms with Gasteiger partial charge in [-0.05, 0) is 57.4 Å². The van der Waals surface area contributed by atoms with Gasteiger partial charge in [0.05, 0.1) is 5.92 Å². The number of hydrogen-bond acceptors (Lipinski definition) is 2. The molecule has 3 nitrogen and oxygen atoms in total. The molecule has 1 aliphatic carbocycles. The average molecular weight is 267 g/mol. The minimum atomic E-state index is -0.578. The number of rotatable bonds is 3. The summed E-state index contributed by atoms with van der Waals surface area (Å²) in [6.45, 7) is 7.93. The maximum Gasteiger partial charge on any atom is 0.308 e. The molecule has 0 radical (unpaired) electrons. The summed E-state index contributed by atoms with van der Waals surface area (Å²) < 4.78 is 0. The van der Waals surface area contributed by atoms with Crippen molar-refractivity contribution in [2.45, 2.75) is 71.4 Å². The second kappa shape index (κ2) is 6.25. The molecule has 1 heterocycles. The molecule has 3 heteroatoms. The van der Waals surface area contributed by atoms with E-state index in [1.165, 1.54) is 19.3 Å². The quantitative estimate of drug-likeness (QED) is 0.852. The molecule has 0 aromatic carbocycles. The van der Waals surface area contributed by atoms with E-state index in [0.29, 0.717) is 6.04 Å². The summed E-state index contributed by atoms with van der Waals surface area (Å²) in [5.74, 6) is 0.802. The summed E-state index contributed by atoms with van der Waals surface area (Å²) >= 11 is 0. The molecule has 5 unspecified atom stereocenters. The van der Waals surface area contributed by atoms with Crippen molar-refractivity contribution in [3.05, 3.63) is 0 Å². The highest BCUT2D eigenvalue weighted by atomic mass is 16.4. The first-order chi connectivity index (χ1) is 9.02. The lowest BCUT2D eigenvalue weighted by atomic mass is 9.75. The van der Waals surface area contributed by atoms with Gasteiger partial charge in [-0.15, -0.1) is 0 Å². The third-order valence-corrected chi connectivity index (χ3v) is 5.44. The summed E-state index contributed by atoms with van der Waals surface area (Å²) in [5.41, 5.74) is 0. The molecule has 1 aliphatic heterocycles. The van der Waals surface area contributed by atoms with Crippen LogP contribution in [0.15, 0.2) is 0 Å². The normalized spacial score (nSPS) is 41.1. The van der Waals surface area contributed by atoms with Crippen LogP contribution in [0.2, 0.25) is 0 Å². The first-order valence-corrected chi connectivity index (χ1v) is 8.01. The van der Waals surface area contributed by atoms with E-state index in [4.69, 9.17) is 0 Å². The zero-order valence-corrected chi connectivity index (χ0v) is 12.6. The fraction of sp³-hybridized carbons (Fsp3) is 0.938. The van der Waals surface area contributed by atoms with Crippen molar-refractivity contribution in [1.82, 2.24) is 4.90 Å². The molecule has 1 saturated heterocycles. The summed E-state index contributed by atoms with van der Waals surface area (Å²) in [6.07, 6.45) is 6.71. The molecule has 1 N–H and O–H groups in total. The Balaban J connectivity index is 2.10. The first-order valence-electron chi connectivity index (χ1n) is 8.01. The van der Waals surface area contributed by atoms with Crippen molar-refractivity contribution < 1.29 is 9.90 Å². The Morgan fingerprint density at radius 3 is 2.53 bits per heavy atom. The van der Waals surface area contributed by atoms with Crippen LogP contribution < -0.4 is 0 Å². The second-order valence-corrected chi connectivity index (χ2v) is 6.82. The topological polar surface area (TPSA) is 40.5 Å². The summed E-state index contributed by atoms with van der Waals surface area (Å²) in [7, 11) is 0. The van der Waals surface area contributed by atoms with E-state index in [9.17, 15) is 9.90 Å². The van der Waals surface area contributed by atoms with Crippen molar-refractivity contribution >= 4 is 5.97 Å². The predicted molar refractivity (Wildman–Crippen MR) is 77.1 cm³/mol. The number of nitrogens with zero attached hydrogens (tertiary/aromatic N) is 1. The minimum absolute atomic E-state index is 0.140. The number of carbonyl (C=O) groups is 1. The van der Waals surface area contributed by atoms with E-state index in [2.05, 4.69) is 25.7 Å². The number of carboxylic acids is 1. The lowest BCUT2D eigenvalue weighted by molar-refractivity contribution is -0.147. The molecule has 5 atom stereocenters. The van der Waals surface area contributed by atoms with Crippen molar-refractivity contribution in [2.24, 2.45) is 17.8 Å². The van der Waals surface area contributed by atoms with Crippen LogP contribution in [0.5, 0.6) is 0 Å². The lowest BCUT2D eigenvalue weighted by Crippen LogP contribution is -2.53. The van der Waals surface area contributed by atoms with Crippen LogP contribution in [0.1, 0.15) is 59.3 Å². The van der Waals surface area contributed by atoms with Gasteiger partial charge in [0.1, 0.15) is 0 Å². The lowest BCUT2D eigenvalue weighted by Gasteiger charge is -2.47. The van der Waals surface area contributed by atoms with E-state index in [1.54, 1.807) is 0 Å². The molecule has 1 saturated carbocycles. The number of aliphatic carboxylic acids is 1. The molecule has 2 rings (SSSR count). The molecular weight excluding hydrogens is 238 g/mol. The van der Waals surface area contributed by atoms with E-state index in [-0.39, 0.29) is 12.0 Å². The van der Waals surface area contributed by atoms with Gasteiger partial charge < -0.3 is 5.11 Å². The SMILES string of the molecule is CCC1CCC(C(=O)O)C(N2CCC(C)CC2C)C1. The standard InChI is InChI=1S/C16H29NO2/c1-4-13-5-6-14(16(18)19)15(10-13)17-8-7-11(2)9-12(17)3/h11-15H,4-10H2,1-3H3,(H,18,19). The molecule has 0 bridgehead atoms. The summed E-state index contributed by atoms with van der Waals surface area (Å²) in [4.78, 5) is 14.1. The molecule has 0 aromatic rings. The molecular formula is C16H29NO2. The van der Waals surface area contributed by atoms with Crippen LogP contribution in [-0.2, 0) is 4.79 Å². The van der Waals surface area contributed by atoms with Gasteiger partial charge in [0, 0.05) is 12.1 Å². The van der Waals surface area contributed by atoms with E-state index in [0.717, 1.165) is 37.6 Å². The molecule has 19 heavy (non-hydrogen) atoms. The largest absolute Gasteiger partial charge is 0.481 e. The van der Waals surface area contributed by atoms with Crippen molar-refractivity contribution in [3.63, 3.8) is 0 Å². The van der Waals surface area contributed by atoms with Crippen LogP contribution in [0.25, 0.3) is 0 Å². The highest BCUT2D eigenvalue weighted by Gasteiger charge is 2.40. The van der Waals surface area contributed by atoms with Gasteiger partial charge in [-0.1, -0.05) is 20.3 Å². The van der Waals surface area contributed by atoms with Gasteiger partial charge in [0.2, 0.25) is 0 Å². The van der Waals surface area contributed by atoms with E-state index in [1.807, 2.05) is 0 Å². The highest BCUT2D eigenvalue weighted by molar-refractivity contribution is 5.71. The Bertz CT molecular complexity index is 318. The number of likely N-dealkylation sites (tertiary alicyclic amines) is 1. The fourth-order valence-electron chi connectivity index (χ4n) is 4.17. The zero-order valence-electron chi connectivity index (χ0n) is 12.6. The van der Waals surface area contributed by atoms with Gasteiger partial charge in [-0.3, -0.25) is 9.69 Å². The number of piperidine rings is 1. The van der Waals surface area contributed by atoms with Gasteiger partial charge in [-0.2, -0.15) is 0 Å². The Morgan fingerprint density at radius 2 is 1.95 bits per heavy atom. The fourth-order valence-corrected chi connectivity index (χ4v) is 4.17. The van der Waals surface area contributed by atoms with Gasteiger partial charge in [-0.25, -0.2) is 0 Å². The summed E-state index contributed by atoms with van der Waals surface area (Å²) in [6, 6.07) is 0.824. The third kappa shape index (κ3) is 3.31. The minimum Gasteiger partial charge on any atom is -0.481 e. The molecule has 0 spiro atoms. The number of carboxylic acid groups (broad SMARTS) is 1. The van der Waals surface area contributed by atoms with Gasteiger partial charge >= 0.3 is 5.97 Å². The van der Waals surface area contributed by atoms with Crippen molar-refractivity contribution in [3.8, 4) is 0 Å².